The van der Waals surface area contributed by atoms with Crippen LogP contribution in [0.2, 0.25) is 0 Å². The number of hydrogen-bond donors (Lipinski definition) is 2. The van der Waals surface area contributed by atoms with Crippen molar-refractivity contribution in [3.63, 3.8) is 0 Å². The maximum Gasteiger partial charge on any atom is 0.251 e. The number of carbonyl (C=O) groups is 2. The van der Waals surface area contributed by atoms with Gasteiger partial charge in [-0.2, -0.15) is 0 Å². The Morgan fingerprint density at radius 2 is 1.73 bits per heavy atom. The van der Waals surface area contributed by atoms with Gasteiger partial charge >= 0.3 is 0 Å². The van der Waals surface area contributed by atoms with Crippen molar-refractivity contribution in [3.05, 3.63) is 60.2 Å². The Labute approximate surface area is 154 Å². The Morgan fingerprint density at radius 3 is 2.42 bits per heavy atom. The van der Waals surface area contributed by atoms with Gasteiger partial charge in [-0.05, 0) is 57.5 Å². The Balaban J connectivity index is 1.79. The van der Waals surface area contributed by atoms with Gasteiger partial charge in [0.05, 0.1) is 6.61 Å². The molecule has 0 heterocycles. The highest BCUT2D eigenvalue weighted by molar-refractivity contribution is 5.97. The van der Waals surface area contributed by atoms with Crippen molar-refractivity contribution in [1.29, 1.82) is 0 Å². The summed E-state index contributed by atoms with van der Waals surface area (Å²) in [6, 6.07) is 16.4. The van der Waals surface area contributed by atoms with E-state index in [2.05, 4.69) is 10.6 Å². The third-order valence-corrected chi connectivity index (χ3v) is 3.46. The number of rotatable bonds is 7. The predicted molar refractivity (Wildman–Crippen MR) is 103 cm³/mol. The first-order valence-electron chi connectivity index (χ1n) is 8.74. The van der Waals surface area contributed by atoms with Crippen LogP contribution in [0.5, 0.6) is 5.75 Å². The molecule has 0 saturated heterocycles. The molecule has 0 radical (unpaired) electrons. The molecule has 0 fully saturated rings. The normalized spacial score (nSPS) is 10.9. The lowest BCUT2D eigenvalue weighted by atomic mass is 10.1. The second-order valence-corrected chi connectivity index (χ2v) is 7.10. The highest BCUT2D eigenvalue weighted by Crippen LogP contribution is 2.13. The fraction of sp³-hybridized carbons (Fsp3) is 0.333. The lowest BCUT2D eigenvalue weighted by Gasteiger charge is -2.20. The van der Waals surface area contributed by atoms with Crippen LogP contribution < -0.4 is 15.4 Å². The van der Waals surface area contributed by atoms with E-state index in [-0.39, 0.29) is 17.4 Å². The highest BCUT2D eigenvalue weighted by Gasteiger charge is 2.15. The summed E-state index contributed by atoms with van der Waals surface area (Å²) in [6.07, 6.45) is 0.968. The van der Waals surface area contributed by atoms with Crippen LogP contribution in [0.15, 0.2) is 54.6 Å². The summed E-state index contributed by atoms with van der Waals surface area (Å²) in [4.78, 5) is 24.3. The summed E-state index contributed by atoms with van der Waals surface area (Å²) in [5.41, 5.74) is 0.820. The average Bonchev–Trinajstić information content (AvgIpc) is 2.58. The number of anilines is 1. The molecule has 26 heavy (non-hydrogen) atoms. The molecule has 0 aliphatic rings. The van der Waals surface area contributed by atoms with Gasteiger partial charge in [0.25, 0.3) is 5.91 Å². The first-order valence-corrected chi connectivity index (χ1v) is 8.74. The second-order valence-electron chi connectivity index (χ2n) is 7.10. The van der Waals surface area contributed by atoms with Crippen LogP contribution in [0, 0.1) is 0 Å². The van der Waals surface area contributed by atoms with Crippen LogP contribution in [0.3, 0.4) is 0 Å². The molecule has 0 aliphatic carbocycles. The molecular formula is C21H26N2O3. The van der Waals surface area contributed by atoms with Gasteiger partial charge in [-0.25, -0.2) is 0 Å². The van der Waals surface area contributed by atoms with Crippen molar-refractivity contribution >= 4 is 17.5 Å². The van der Waals surface area contributed by atoms with Gasteiger partial charge in [0, 0.05) is 23.2 Å². The summed E-state index contributed by atoms with van der Waals surface area (Å²) >= 11 is 0. The Kier molecular flexibility index (Phi) is 6.78. The minimum atomic E-state index is -0.310. The topological polar surface area (TPSA) is 67.4 Å². The zero-order chi connectivity index (χ0) is 19.0. The molecule has 0 unspecified atom stereocenters. The Morgan fingerprint density at radius 1 is 1.00 bits per heavy atom. The van der Waals surface area contributed by atoms with Crippen LogP contribution in [0.1, 0.15) is 44.0 Å². The summed E-state index contributed by atoms with van der Waals surface area (Å²) < 4.78 is 5.57. The second kappa shape index (κ2) is 9.04. The minimum Gasteiger partial charge on any atom is -0.494 e. The Hall–Kier alpha value is -2.82. The van der Waals surface area contributed by atoms with Gasteiger partial charge in [0.2, 0.25) is 5.91 Å². The van der Waals surface area contributed by atoms with Crippen LogP contribution in [-0.4, -0.2) is 24.0 Å². The molecular weight excluding hydrogens is 328 g/mol. The van der Waals surface area contributed by atoms with Gasteiger partial charge in [-0.3, -0.25) is 9.59 Å². The SMILES string of the molecule is CC(C)(C)NC(=O)c1cccc(NC(=O)CCCOc2ccccc2)c1. The van der Waals surface area contributed by atoms with E-state index in [4.69, 9.17) is 4.74 Å². The predicted octanol–water partition coefficient (Wildman–Crippen LogP) is 4.01. The third-order valence-electron chi connectivity index (χ3n) is 3.46. The highest BCUT2D eigenvalue weighted by atomic mass is 16.5. The van der Waals surface area contributed by atoms with E-state index >= 15 is 0 Å². The molecule has 5 nitrogen and oxygen atoms in total. The van der Waals surface area contributed by atoms with Gasteiger partial charge in [0.1, 0.15) is 5.75 Å². The molecule has 0 saturated carbocycles. The first-order chi connectivity index (χ1) is 12.3. The quantitative estimate of drug-likeness (QED) is 0.738. The van der Waals surface area contributed by atoms with E-state index in [0.29, 0.717) is 30.7 Å². The van der Waals surface area contributed by atoms with E-state index in [1.54, 1.807) is 24.3 Å². The van der Waals surface area contributed by atoms with Crippen molar-refractivity contribution in [2.75, 3.05) is 11.9 Å². The molecule has 138 valence electrons. The molecule has 0 bridgehead atoms. The number of carbonyl (C=O) groups excluding carboxylic acids is 2. The average molecular weight is 354 g/mol. The van der Waals surface area contributed by atoms with Gasteiger partial charge in [0.15, 0.2) is 0 Å². The zero-order valence-electron chi connectivity index (χ0n) is 15.5. The molecule has 0 aliphatic heterocycles. The van der Waals surface area contributed by atoms with Crippen LogP contribution in [0.25, 0.3) is 0 Å². The maximum atomic E-state index is 12.2. The monoisotopic (exact) mass is 354 g/mol. The molecule has 0 spiro atoms. The van der Waals surface area contributed by atoms with E-state index in [1.165, 1.54) is 0 Å². The van der Waals surface area contributed by atoms with Gasteiger partial charge < -0.3 is 15.4 Å². The van der Waals surface area contributed by atoms with E-state index in [9.17, 15) is 9.59 Å². The molecule has 2 N–H and O–H groups in total. The van der Waals surface area contributed by atoms with Crippen LogP contribution in [0.4, 0.5) is 5.69 Å². The lowest BCUT2D eigenvalue weighted by molar-refractivity contribution is -0.116. The van der Waals surface area contributed by atoms with Crippen LogP contribution >= 0.6 is 0 Å². The molecule has 2 amide bonds. The van der Waals surface area contributed by atoms with Crippen molar-refractivity contribution in [3.8, 4) is 5.75 Å². The Bertz CT molecular complexity index is 736. The van der Waals surface area contributed by atoms with Crippen LogP contribution in [-0.2, 0) is 4.79 Å². The molecule has 2 aromatic carbocycles. The number of amides is 2. The van der Waals surface area contributed by atoms with Gasteiger partial charge in [-0.1, -0.05) is 24.3 Å². The number of nitrogens with one attached hydrogen (secondary N) is 2. The van der Waals surface area contributed by atoms with Crippen molar-refractivity contribution in [2.24, 2.45) is 0 Å². The lowest BCUT2D eigenvalue weighted by Crippen LogP contribution is -2.40. The summed E-state index contributed by atoms with van der Waals surface area (Å²) in [5.74, 6) is 0.533. The number of para-hydroxylation sites is 1. The molecule has 0 atom stereocenters. The van der Waals surface area contributed by atoms with E-state index < -0.39 is 0 Å². The zero-order valence-corrected chi connectivity index (χ0v) is 15.5. The van der Waals surface area contributed by atoms with Gasteiger partial charge in [-0.15, -0.1) is 0 Å². The maximum absolute atomic E-state index is 12.2. The number of benzene rings is 2. The molecule has 2 rings (SSSR count). The standard InChI is InChI=1S/C21H26N2O3/c1-21(2,3)23-20(25)16-9-7-10-17(15-16)22-19(24)13-8-14-26-18-11-5-4-6-12-18/h4-7,9-12,15H,8,13-14H2,1-3H3,(H,22,24)(H,23,25). The smallest absolute Gasteiger partial charge is 0.251 e. The number of hydrogen-bond acceptors (Lipinski definition) is 3. The minimum absolute atomic E-state index is 0.102. The molecule has 5 heteroatoms. The summed E-state index contributed by atoms with van der Waals surface area (Å²) in [5, 5.41) is 5.73. The summed E-state index contributed by atoms with van der Waals surface area (Å²) in [7, 11) is 0. The summed E-state index contributed by atoms with van der Waals surface area (Å²) in [6.45, 7) is 6.25. The van der Waals surface area contributed by atoms with Crippen molar-refractivity contribution < 1.29 is 14.3 Å². The fourth-order valence-corrected chi connectivity index (χ4v) is 2.31. The number of ether oxygens (including phenoxy) is 1. The van der Waals surface area contributed by atoms with E-state index in [1.807, 2.05) is 51.1 Å². The fourth-order valence-electron chi connectivity index (χ4n) is 2.31. The first kappa shape index (κ1) is 19.5. The van der Waals surface area contributed by atoms with E-state index in [0.717, 1.165) is 5.75 Å². The van der Waals surface area contributed by atoms with Crippen molar-refractivity contribution in [1.82, 2.24) is 5.32 Å². The molecule has 2 aromatic rings. The molecule has 0 aromatic heterocycles. The van der Waals surface area contributed by atoms with Crippen molar-refractivity contribution in [2.45, 2.75) is 39.2 Å². The third kappa shape index (κ3) is 6.97. The largest absolute Gasteiger partial charge is 0.494 e.